The van der Waals surface area contributed by atoms with E-state index in [-0.39, 0.29) is 0 Å². The first kappa shape index (κ1) is 10.0. The molecule has 12 heavy (non-hydrogen) atoms. The molecule has 0 radical (unpaired) electrons. The molecule has 1 fully saturated rings. The summed E-state index contributed by atoms with van der Waals surface area (Å²) in [6.45, 7) is 4.43. The van der Waals surface area contributed by atoms with Gasteiger partial charge in [-0.25, -0.2) is 0 Å². The van der Waals surface area contributed by atoms with Crippen LogP contribution in [0, 0.1) is 0 Å². The van der Waals surface area contributed by atoms with Crippen molar-refractivity contribution >= 4 is 0 Å². The Hall–Kier alpha value is -0.0400. The van der Waals surface area contributed by atoms with E-state index in [0.29, 0.717) is 12.2 Å². The van der Waals surface area contributed by atoms with Crippen LogP contribution in [0.4, 0.5) is 0 Å². The van der Waals surface area contributed by atoms with Gasteiger partial charge in [0.05, 0.1) is 12.2 Å². The minimum Gasteiger partial charge on any atom is -0.375 e. The summed E-state index contributed by atoms with van der Waals surface area (Å²) in [7, 11) is 0. The summed E-state index contributed by atoms with van der Waals surface area (Å²) in [5.74, 6) is 0. The second kappa shape index (κ2) is 5.58. The van der Waals surface area contributed by atoms with Gasteiger partial charge in [0.1, 0.15) is 0 Å². The Labute approximate surface area is 76.5 Å². The number of rotatable bonds is 4. The minimum absolute atomic E-state index is 0.484. The van der Waals surface area contributed by atoms with E-state index in [1.54, 1.807) is 0 Å². The van der Waals surface area contributed by atoms with Crippen LogP contribution < -0.4 is 0 Å². The lowest BCUT2D eigenvalue weighted by molar-refractivity contribution is -0.0243. The second-order valence-electron chi connectivity index (χ2n) is 4.00. The van der Waals surface area contributed by atoms with Crippen LogP contribution in [-0.2, 0) is 4.74 Å². The van der Waals surface area contributed by atoms with Gasteiger partial charge in [0, 0.05) is 0 Å². The molecule has 0 aromatic rings. The number of ether oxygens (including phenoxy) is 1. The highest BCUT2D eigenvalue weighted by Crippen LogP contribution is 2.22. The topological polar surface area (TPSA) is 9.23 Å². The van der Waals surface area contributed by atoms with Gasteiger partial charge in [0.15, 0.2) is 0 Å². The predicted molar refractivity (Wildman–Crippen MR) is 52.3 cm³/mol. The normalized spacial score (nSPS) is 22.5. The van der Waals surface area contributed by atoms with E-state index in [1.165, 1.54) is 44.9 Å². The zero-order valence-electron chi connectivity index (χ0n) is 8.51. The smallest absolute Gasteiger partial charge is 0.0578 e. The van der Waals surface area contributed by atoms with Gasteiger partial charge < -0.3 is 4.74 Å². The molecule has 1 atom stereocenters. The van der Waals surface area contributed by atoms with Crippen molar-refractivity contribution < 1.29 is 4.74 Å². The van der Waals surface area contributed by atoms with E-state index in [0.717, 1.165) is 0 Å². The van der Waals surface area contributed by atoms with Crippen LogP contribution in [0.2, 0.25) is 0 Å². The fourth-order valence-electron chi connectivity index (χ4n) is 2.00. The van der Waals surface area contributed by atoms with E-state index >= 15 is 0 Å². The molecule has 72 valence electrons. The fraction of sp³-hybridized carbons (Fsp3) is 1.00. The van der Waals surface area contributed by atoms with Gasteiger partial charge in [-0.2, -0.15) is 0 Å². The molecular formula is C11H22O. The number of hydrogen-bond acceptors (Lipinski definition) is 1. The third-order valence-electron chi connectivity index (χ3n) is 2.67. The summed E-state index contributed by atoms with van der Waals surface area (Å²) in [6, 6.07) is 0. The van der Waals surface area contributed by atoms with E-state index in [4.69, 9.17) is 4.74 Å². The van der Waals surface area contributed by atoms with Gasteiger partial charge in [-0.3, -0.25) is 0 Å². The molecule has 1 aliphatic carbocycles. The van der Waals surface area contributed by atoms with Crippen molar-refractivity contribution in [3.8, 4) is 0 Å². The van der Waals surface area contributed by atoms with Crippen molar-refractivity contribution in [2.24, 2.45) is 0 Å². The molecule has 0 N–H and O–H groups in total. The van der Waals surface area contributed by atoms with Crippen LogP contribution in [0.5, 0.6) is 0 Å². The Bertz CT molecular complexity index is 106. The largest absolute Gasteiger partial charge is 0.375 e. The van der Waals surface area contributed by atoms with Gasteiger partial charge in [0.25, 0.3) is 0 Å². The average molecular weight is 170 g/mol. The highest BCUT2D eigenvalue weighted by molar-refractivity contribution is 4.66. The van der Waals surface area contributed by atoms with Gasteiger partial charge in [0.2, 0.25) is 0 Å². The maximum absolute atomic E-state index is 5.93. The third-order valence-corrected chi connectivity index (χ3v) is 2.67. The van der Waals surface area contributed by atoms with Crippen molar-refractivity contribution in [2.45, 2.75) is 71.0 Å². The van der Waals surface area contributed by atoms with Crippen LogP contribution >= 0.6 is 0 Å². The molecule has 1 saturated carbocycles. The van der Waals surface area contributed by atoms with E-state index in [1.807, 2.05) is 0 Å². The summed E-state index contributed by atoms with van der Waals surface area (Å²) in [5.41, 5.74) is 0. The van der Waals surface area contributed by atoms with Crippen molar-refractivity contribution in [1.29, 1.82) is 0 Å². The first-order valence-electron chi connectivity index (χ1n) is 5.48. The fourth-order valence-corrected chi connectivity index (χ4v) is 2.00. The van der Waals surface area contributed by atoms with Crippen molar-refractivity contribution in [3.63, 3.8) is 0 Å². The molecule has 1 nitrogen and oxygen atoms in total. The number of hydrogen-bond donors (Lipinski definition) is 0. The molecule has 0 spiro atoms. The molecule has 1 unspecified atom stereocenters. The molecule has 0 saturated heterocycles. The summed E-state index contributed by atoms with van der Waals surface area (Å²) in [6.07, 6.45) is 10.3. The maximum atomic E-state index is 5.93. The second-order valence-corrected chi connectivity index (χ2v) is 4.00. The molecule has 0 heterocycles. The van der Waals surface area contributed by atoms with Crippen molar-refractivity contribution in [2.75, 3.05) is 0 Å². The van der Waals surface area contributed by atoms with Crippen molar-refractivity contribution in [1.82, 2.24) is 0 Å². The summed E-state index contributed by atoms with van der Waals surface area (Å²) >= 11 is 0. The lowest BCUT2D eigenvalue weighted by atomic mass is 9.97. The van der Waals surface area contributed by atoms with Gasteiger partial charge in [-0.05, 0) is 26.2 Å². The van der Waals surface area contributed by atoms with Crippen LogP contribution in [0.3, 0.4) is 0 Å². The van der Waals surface area contributed by atoms with Crippen LogP contribution in [0.25, 0.3) is 0 Å². The maximum Gasteiger partial charge on any atom is 0.0578 e. The molecule has 1 rings (SSSR count). The van der Waals surface area contributed by atoms with Crippen LogP contribution in [-0.4, -0.2) is 12.2 Å². The Balaban J connectivity index is 2.11. The Morgan fingerprint density at radius 2 is 1.92 bits per heavy atom. The standard InChI is InChI=1S/C11H22O/c1-3-7-10(2)12-11-8-5-4-6-9-11/h10-11H,3-9H2,1-2H3. The molecule has 0 aromatic heterocycles. The summed E-state index contributed by atoms with van der Waals surface area (Å²) in [5, 5.41) is 0. The first-order valence-corrected chi connectivity index (χ1v) is 5.48. The van der Waals surface area contributed by atoms with Crippen molar-refractivity contribution in [3.05, 3.63) is 0 Å². The molecular weight excluding hydrogens is 148 g/mol. The molecule has 0 amide bonds. The highest BCUT2D eigenvalue weighted by atomic mass is 16.5. The van der Waals surface area contributed by atoms with Gasteiger partial charge in [-0.1, -0.05) is 32.6 Å². The minimum atomic E-state index is 0.484. The van der Waals surface area contributed by atoms with Crippen LogP contribution in [0.15, 0.2) is 0 Å². The lowest BCUT2D eigenvalue weighted by Gasteiger charge is -2.25. The van der Waals surface area contributed by atoms with E-state index < -0.39 is 0 Å². The van der Waals surface area contributed by atoms with Gasteiger partial charge >= 0.3 is 0 Å². The lowest BCUT2D eigenvalue weighted by Crippen LogP contribution is -2.22. The summed E-state index contributed by atoms with van der Waals surface area (Å²) in [4.78, 5) is 0. The molecule has 0 aromatic carbocycles. The predicted octanol–water partition coefficient (Wildman–Crippen LogP) is 3.52. The Morgan fingerprint density at radius 3 is 2.50 bits per heavy atom. The Kier molecular flexibility index (Phi) is 4.67. The van der Waals surface area contributed by atoms with E-state index in [9.17, 15) is 0 Å². The molecule has 0 aliphatic heterocycles. The summed E-state index contributed by atoms with van der Waals surface area (Å²) < 4.78 is 5.93. The molecule has 1 aliphatic rings. The zero-order valence-corrected chi connectivity index (χ0v) is 8.51. The first-order chi connectivity index (χ1) is 5.83. The SMILES string of the molecule is CCCC(C)OC1CCCCC1. The van der Waals surface area contributed by atoms with Gasteiger partial charge in [-0.15, -0.1) is 0 Å². The third kappa shape index (κ3) is 3.57. The monoisotopic (exact) mass is 170 g/mol. The van der Waals surface area contributed by atoms with E-state index in [2.05, 4.69) is 13.8 Å². The molecule has 0 bridgehead atoms. The van der Waals surface area contributed by atoms with Crippen LogP contribution in [0.1, 0.15) is 58.8 Å². The highest BCUT2D eigenvalue weighted by Gasteiger charge is 2.15. The average Bonchev–Trinajstić information content (AvgIpc) is 2.06. The quantitative estimate of drug-likeness (QED) is 0.627. The Morgan fingerprint density at radius 1 is 1.25 bits per heavy atom. The zero-order chi connectivity index (χ0) is 8.81. The molecule has 1 heteroatoms.